The second-order valence-electron chi connectivity index (χ2n) is 6.98. The Balaban J connectivity index is 0.00000176. The van der Waals surface area contributed by atoms with Crippen LogP contribution in [0.2, 0.25) is 0 Å². The number of nitrogens with two attached hydrogens (primary N) is 1. The molecule has 3 rings (SSSR count). The largest absolute Gasteiger partial charge is 0.342 e. The Morgan fingerprint density at radius 2 is 1.95 bits per heavy atom. The molecule has 1 aromatic carbocycles. The summed E-state index contributed by atoms with van der Waals surface area (Å²) in [5.41, 5.74) is 7.42. The molecule has 1 heterocycles. The quantitative estimate of drug-likeness (QED) is 0.907. The number of carbonyl (C=O) groups is 1. The highest BCUT2D eigenvalue weighted by Gasteiger charge is 2.41. The van der Waals surface area contributed by atoms with Gasteiger partial charge in [-0.25, -0.2) is 0 Å². The van der Waals surface area contributed by atoms with E-state index in [4.69, 9.17) is 5.73 Å². The Kier molecular flexibility index (Phi) is 5.51. The molecule has 1 amide bonds. The zero-order valence-electron chi connectivity index (χ0n) is 13.3. The van der Waals surface area contributed by atoms with Crippen molar-refractivity contribution in [3.8, 4) is 0 Å². The molecule has 1 saturated heterocycles. The molecule has 1 aliphatic carbocycles. The van der Waals surface area contributed by atoms with Crippen LogP contribution in [0.15, 0.2) is 30.3 Å². The normalized spacial score (nSPS) is 31.6. The van der Waals surface area contributed by atoms with E-state index in [-0.39, 0.29) is 29.8 Å². The van der Waals surface area contributed by atoms with Crippen molar-refractivity contribution in [2.45, 2.75) is 50.5 Å². The Labute approximate surface area is 139 Å². The Morgan fingerprint density at radius 1 is 1.23 bits per heavy atom. The number of amides is 1. The van der Waals surface area contributed by atoms with Gasteiger partial charge in [0, 0.05) is 24.5 Å². The molecule has 1 aromatic rings. The number of benzene rings is 1. The summed E-state index contributed by atoms with van der Waals surface area (Å²) in [5.74, 6) is 0.793. The van der Waals surface area contributed by atoms with E-state index in [0.717, 1.165) is 45.2 Å². The SMILES string of the molecule is CC1(N)CCCCC1C(=O)N1CCC(c2ccccc2)C1.Cl. The second-order valence-corrected chi connectivity index (χ2v) is 6.98. The molecule has 0 bridgehead atoms. The first kappa shape index (κ1) is 17.3. The van der Waals surface area contributed by atoms with Gasteiger partial charge >= 0.3 is 0 Å². The van der Waals surface area contributed by atoms with E-state index in [1.54, 1.807) is 0 Å². The molecular weight excluding hydrogens is 296 g/mol. The van der Waals surface area contributed by atoms with Crippen LogP contribution >= 0.6 is 12.4 Å². The van der Waals surface area contributed by atoms with Crippen molar-refractivity contribution in [2.75, 3.05) is 13.1 Å². The molecule has 3 unspecified atom stereocenters. The summed E-state index contributed by atoms with van der Waals surface area (Å²) < 4.78 is 0. The topological polar surface area (TPSA) is 46.3 Å². The van der Waals surface area contributed by atoms with Crippen LogP contribution < -0.4 is 5.73 Å². The predicted octanol–water partition coefficient (Wildman–Crippen LogP) is 3.33. The summed E-state index contributed by atoms with van der Waals surface area (Å²) in [4.78, 5) is 14.9. The maximum Gasteiger partial charge on any atom is 0.227 e. The lowest BCUT2D eigenvalue weighted by molar-refractivity contribution is -0.137. The molecule has 22 heavy (non-hydrogen) atoms. The first-order chi connectivity index (χ1) is 10.1. The van der Waals surface area contributed by atoms with Crippen LogP contribution in [-0.2, 0) is 4.79 Å². The number of halogens is 1. The lowest BCUT2D eigenvalue weighted by atomic mass is 9.74. The van der Waals surface area contributed by atoms with Crippen molar-refractivity contribution < 1.29 is 4.79 Å². The molecule has 1 aliphatic heterocycles. The van der Waals surface area contributed by atoms with Gasteiger partial charge in [0.25, 0.3) is 0 Å². The third-order valence-corrected chi connectivity index (χ3v) is 5.32. The fraction of sp³-hybridized carbons (Fsp3) is 0.611. The molecule has 1 saturated carbocycles. The van der Waals surface area contributed by atoms with Crippen LogP contribution in [-0.4, -0.2) is 29.4 Å². The van der Waals surface area contributed by atoms with Gasteiger partial charge in [-0.1, -0.05) is 43.2 Å². The van der Waals surface area contributed by atoms with Gasteiger partial charge in [-0.2, -0.15) is 0 Å². The zero-order chi connectivity index (χ0) is 14.9. The highest BCUT2D eigenvalue weighted by atomic mass is 35.5. The summed E-state index contributed by atoms with van der Waals surface area (Å²) in [6.45, 7) is 3.79. The monoisotopic (exact) mass is 322 g/mol. The fourth-order valence-corrected chi connectivity index (χ4v) is 3.94. The van der Waals surface area contributed by atoms with E-state index >= 15 is 0 Å². The van der Waals surface area contributed by atoms with E-state index in [0.29, 0.717) is 5.92 Å². The van der Waals surface area contributed by atoms with E-state index in [2.05, 4.69) is 36.1 Å². The molecule has 0 aromatic heterocycles. The van der Waals surface area contributed by atoms with Crippen molar-refractivity contribution >= 4 is 18.3 Å². The maximum atomic E-state index is 12.8. The second kappa shape index (κ2) is 7.01. The van der Waals surface area contributed by atoms with E-state index in [1.165, 1.54) is 5.56 Å². The molecule has 3 atom stereocenters. The van der Waals surface area contributed by atoms with Gasteiger partial charge in [-0.05, 0) is 31.7 Å². The summed E-state index contributed by atoms with van der Waals surface area (Å²) in [6, 6.07) is 10.6. The molecule has 0 spiro atoms. The molecule has 2 N–H and O–H groups in total. The number of hydrogen-bond donors (Lipinski definition) is 1. The van der Waals surface area contributed by atoms with E-state index in [9.17, 15) is 4.79 Å². The number of hydrogen-bond acceptors (Lipinski definition) is 2. The lowest BCUT2D eigenvalue weighted by Crippen LogP contribution is -2.53. The average Bonchev–Trinajstić information content (AvgIpc) is 2.97. The van der Waals surface area contributed by atoms with Gasteiger partial charge in [0.05, 0.1) is 5.92 Å². The van der Waals surface area contributed by atoms with Crippen LogP contribution in [0.1, 0.15) is 50.5 Å². The summed E-state index contributed by atoms with van der Waals surface area (Å²) in [5, 5.41) is 0. The highest BCUT2D eigenvalue weighted by molar-refractivity contribution is 5.85. The van der Waals surface area contributed by atoms with Crippen LogP contribution in [0.25, 0.3) is 0 Å². The van der Waals surface area contributed by atoms with Crippen LogP contribution in [0.5, 0.6) is 0 Å². The molecule has 3 nitrogen and oxygen atoms in total. The Bertz CT molecular complexity index is 503. The predicted molar refractivity (Wildman–Crippen MR) is 92.2 cm³/mol. The summed E-state index contributed by atoms with van der Waals surface area (Å²) >= 11 is 0. The molecule has 2 fully saturated rings. The average molecular weight is 323 g/mol. The van der Waals surface area contributed by atoms with Gasteiger partial charge in [0.15, 0.2) is 0 Å². The first-order valence-electron chi connectivity index (χ1n) is 8.20. The molecule has 4 heteroatoms. The van der Waals surface area contributed by atoms with Gasteiger partial charge in [0.1, 0.15) is 0 Å². The van der Waals surface area contributed by atoms with Gasteiger partial charge < -0.3 is 10.6 Å². The van der Waals surface area contributed by atoms with Crippen LogP contribution in [0.4, 0.5) is 0 Å². The van der Waals surface area contributed by atoms with Crippen molar-refractivity contribution in [1.29, 1.82) is 0 Å². The third kappa shape index (κ3) is 3.47. The number of nitrogens with zero attached hydrogens (tertiary/aromatic N) is 1. The van der Waals surface area contributed by atoms with E-state index in [1.807, 2.05) is 6.07 Å². The maximum absolute atomic E-state index is 12.8. The lowest BCUT2D eigenvalue weighted by Gasteiger charge is -2.39. The minimum Gasteiger partial charge on any atom is -0.342 e. The Morgan fingerprint density at radius 3 is 2.64 bits per heavy atom. The van der Waals surface area contributed by atoms with Crippen LogP contribution in [0.3, 0.4) is 0 Å². The summed E-state index contributed by atoms with van der Waals surface area (Å²) in [7, 11) is 0. The van der Waals surface area contributed by atoms with Gasteiger partial charge in [-0.3, -0.25) is 4.79 Å². The highest BCUT2D eigenvalue weighted by Crippen LogP contribution is 2.35. The van der Waals surface area contributed by atoms with Crippen molar-refractivity contribution in [3.63, 3.8) is 0 Å². The van der Waals surface area contributed by atoms with Crippen molar-refractivity contribution in [1.82, 2.24) is 4.90 Å². The van der Waals surface area contributed by atoms with Gasteiger partial charge in [0.2, 0.25) is 5.91 Å². The minimum atomic E-state index is -0.319. The third-order valence-electron chi connectivity index (χ3n) is 5.32. The summed E-state index contributed by atoms with van der Waals surface area (Å²) in [6.07, 6.45) is 5.30. The van der Waals surface area contributed by atoms with Crippen molar-refractivity contribution in [3.05, 3.63) is 35.9 Å². The first-order valence-corrected chi connectivity index (χ1v) is 8.20. The number of carbonyl (C=O) groups excluding carboxylic acids is 1. The van der Waals surface area contributed by atoms with Crippen molar-refractivity contribution in [2.24, 2.45) is 11.7 Å². The Hall–Kier alpha value is -1.06. The number of rotatable bonds is 2. The minimum absolute atomic E-state index is 0. The van der Waals surface area contributed by atoms with E-state index < -0.39 is 0 Å². The van der Waals surface area contributed by atoms with Crippen LogP contribution in [0, 0.1) is 5.92 Å². The molecule has 122 valence electrons. The number of likely N-dealkylation sites (tertiary alicyclic amines) is 1. The molecular formula is C18H27ClN2O. The zero-order valence-corrected chi connectivity index (χ0v) is 14.1. The smallest absolute Gasteiger partial charge is 0.227 e. The van der Waals surface area contributed by atoms with Gasteiger partial charge in [-0.15, -0.1) is 12.4 Å². The molecule has 2 aliphatic rings. The standard InChI is InChI=1S/C18H26N2O.ClH/c1-18(19)11-6-5-9-16(18)17(21)20-12-10-15(13-20)14-7-3-2-4-8-14;/h2-4,7-8,15-16H,5-6,9-13,19H2,1H3;1H. The fourth-order valence-electron chi connectivity index (χ4n) is 3.94. The molecule has 0 radical (unpaired) electrons.